The lowest BCUT2D eigenvalue weighted by atomic mass is 10.00. The third-order valence-electron chi connectivity index (χ3n) is 3.02. The van der Waals surface area contributed by atoms with Crippen LogP contribution in [0.5, 0.6) is 0 Å². The molecule has 0 fully saturated rings. The molecule has 0 spiro atoms. The Morgan fingerprint density at radius 2 is 1.67 bits per heavy atom. The Morgan fingerprint density at radius 3 is 2.11 bits per heavy atom. The topological polar surface area (TPSA) is 46.2 Å². The fourth-order valence-corrected chi connectivity index (χ4v) is 3.30. The van der Waals surface area contributed by atoms with Gasteiger partial charge in [0, 0.05) is 18.8 Å². The normalized spacial score (nSPS) is 13.6. The quantitative estimate of drug-likeness (QED) is 0.891. The average molecular weight is 269 g/mol. The minimum atomic E-state index is -2.92. The molecule has 0 radical (unpaired) electrons. The van der Waals surface area contributed by atoms with E-state index in [1.165, 1.54) is 28.5 Å². The zero-order valence-corrected chi connectivity index (χ0v) is 12.7. The predicted molar refractivity (Wildman–Crippen MR) is 76.7 cm³/mol. The van der Waals surface area contributed by atoms with Crippen LogP contribution in [0.15, 0.2) is 12.1 Å². The van der Waals surface area contributed by atoms with E-state index in [0.29, 0.717) is 6.54 Å². The Labute approximate surface area is 111 Å². The molecule has 3 nitrogen and oxygen atoms in total. The maximum atomic E-state index is 11.2. The number of sulfone groups is 1. The zero-order chi connectivity index (χ0) is 13.9. The maximum Gasteiger partial charge on any atom is 0.148 e. The van der Waals surface area contributed by atoms with Crippen LogP contribution in [0.2, 0.25) is 0 Å². The molecule has 1 unspecified atom stereocenters. The van der Waals surface area contributed by atoms with E-state index in [1.54, 1.807) is 0 Å². The highest BCUT2D eigenvalue weighted by atomic mass is 32.2. The lowest BCUT2D eigenvalue weighted by Crippen LogP contribution is -2.32. The molecule has 0 saturated heterocycles. The van der Waals surface area contributed by atoms with E-state index < -0.39 is 9.84 Å². The predicted octanol–water partition coefficient (Wildman–Crippen LogP) is 2.13. The zero-order valence-electron chi connectivity index (χ0n) is 11.9. The summed E-state index contributed by atoms with van der Waals surface area (Å²) in [5.41, 5.74) is 5.04. The van der Waals surface area contributed by atoms with Crippen LogP contribution in [0.1, 0.15) is 29.2 Å². The Morgan fingerprint density at radius 1 is 1.17 bits per heavy atom. The van der Waals surface area contributed by atoms with Gasteiger partial charge in [-0.25, -0.2) is 8.42 Å². The van der Waals surface area contributed by atoms with Crippen LogP contribution in [0.4, 0.5) is 0 Å². The first-order chi connectivity index (χ1) is 8.19. The minimum Gasteiger partial charge on any atom is -0.309 e. The fourth-order valence-electron chi connectivity index (χ4n) is 2.28. The van der Waals surface area contributed by atoms with Crippen LogP contribution in [0, 0.1) is 20.8 Å². The average Bonchev–Trinajstić information content (AvgIpc) is 2.12. The van der Waals surface area contributed by atoms with Crippen molar-refractivity contribution < 1.29 is 8.42 Å². The largest absolute Gasteiger partial charge is 0.309 e. The summed E-state index contributed by atoms with van der Waals surface area (Å²) in [4.78, 5) is 0. The van der Waals surface area contributed by atoms with Crippen LogP contribution in [-0.2, 0) is 16.4 Å². The summed E-state index contributed by atoms with van der Waals surface area (Å²) in [5.74, 6) is 0.178. The van der Waals surface area contributed by atoms with E-state index in [-0.39, 0.29) is 11.8 Å². The molecule has 0 aliphatic heterocycles. The third kappa shape index (κ3) is 4.78. The summed E-state index contributed by atoms with van der Waals surface area (Å²) < 4.78 is 22.4. The highest BCUT2D eigenvalue weighted by molar-refractivity contribution is 7.90. The van der Waals surface area contributed by atoms with Gasteiger partial charge in [0.1, 0.15) is 9.84 Å². The van der Waals surface area contributed by atoms with Gasteiger partial charge < -0.3 is 5.32 Å². The Kier molecular flexibility index (Phi) is 4.93. The second-order valence-electron chi connectivity index (χ2n) is 5.25. The molecule has 0 bridgehead atoms. The second kappa shape index (κ2) is 5.85. The SMILES string of the molecule is Cc1cc(C)c(CNC(C)CS(C)(=O)=O)c(C)c1. The highest BCUT2D eigenvalue weighted by Crippen LogP contribution is 2.16. The van der Waals surface area contributed by atoms with Crippen molar-refractivity contribution >= 4 is 9.84 Å². The van der Waals surface area contributed by atoms with Crippen molar-refractivity contribution in [3.8, 4) is 0 Å². The van der Waals surface area contributed by atoms with E-state index in [2.05, 4.69) is 38.2 Å². The van der Waals surface area contributed by atoms with E-state index in [4.69, 9.17) is 0 Å². The number of hydrogen-bond acceptors (Lipinski definition) is 3. The molecule has 1 aromatic carbocycles. The molecule has 0 saturated carbocycles. The standard InChI is InChI=1S/C14H23NO2S/c1-10-6-11(2)14(12(3)7-10)8-15-13(4)9-18(5,16)17/h6-7,13,15H,8-9H2,1-5H3. The van der Waals surface area contributed by atoms with Gasteiger partial charge in [0.05, 0.1) is 5.75 Å². The molecule has 0 aromatic heterocycles. The van der Waals surface area contributed by atoms with E-state index in [1.807, 2.05) is 6.92 Å². The van der Waals surface area contributed by atoms with Gasteiger partial charge in [0.15, 0.2) is 0 Å². The van der Waals surface area contributed by atoms with Crippen molar-refractivity contribution in [1.29, 1.82) is 0 Å². The van der Waals surface area contributed by atoms with Crippen LogP contribution < -0.4 is 5.32 Å². The maximum absolute atomic E-state index is 11.2. The third-order valence-corrected chi connectivity index (χ3v) is 4.13. The van der Waals surface area contributed by atoms with Crippen molar-refractivity contribution in [2.24, 2.45) is 0 Å². The molecule has 102 valence electrons. The van der Waals surface area contributed by atoms with E-state index in [9.17, 15) is 8.42 Å². The molecule has 0 amide bonds. The number of aryl methyl sites for hydroxylation is 3. The molecule has 1 atom stereocenters. The number of benzene rings is 1. The van der Waals surface area contributed by atoms with Gasteiger partial charge in [0.2, 0.25) is 0 Å². The fraction of sp³-hybridized carbons (Fsp3) is 0.571. The summed E-state index contributed by atoms with van der Waals surface area (Å²) in [6.07, 6.45) is 1.27. The lowest BCUT2D eigenvalue weighted by molar-refractivity contribution is 0.559. The van der Waals surface area contributed by atoms with Gasteiger partial charge in [-0.1, -0.05) is 17.7 Å². The Bertz CT molecular complexity index is 498. The van der Waals surface area contributed by atoms with Crippen LogP contribution in [-0.4, -0.2) is 26.5 Å². The molecule has 1 N–H and O–H groups in total. The van der Waals surface area contributed by atoms with E-state index >= 15 is 0 Å². The first-order valence-corrected chi connectivity index (χ1v) is 8.23. The number of hydrogen-bond donors (Lipinski definition) is 1. The second-order valence-corrected chi connectivity index (χ2v) is 7.44. The van der Waals surface area contributed by atoms with E-state index in [0.717, 1.165) is 0 Å². The molecular weight excluding hydrogens is 246 g/mol. The van der Waals surface area contributed by atoms with Crippen molar-refractivity contribution in [1.82, 2.24) is 5.32 Å². The summed E-state index contributed by atoms with van der Waals surface area (Å²) >= 11 is 0. The van der Waals surface area contributed by atoms with Gasteiger partial charge in [-0.05, 0) is 44.4 Å². The van der Waals surface area contributed by atoms with Crippen LogP contribution in [0.3, 0.4) is 0 Å². The summed E-state index contributed by atoms with van der Waals surface area (Å²) in [7, 11) is -2.92. The minimum absolute atomic E-state index is 0.0277. The molecular formula is C14H23NO2S. The molecule has 18 heavy (non-hydrogen) atoms. The first-order valence-electron chi connectivity index (χ1n) is 6.17. The molecule has 0 aliphatic carbocycles. The Hall–Kier alpha value is -0.870. The van der Waals surface area contributed by atoms with Crippen molar-refractivity contribution in [2.45, 2.75) is 40.3 Å². The van der Waals surface area contributed by atoms with Gasteiger partial charge in [-0.3, -0.25) is 0 Å². The van der Waals surface area contributed by atoms with Crippen molar-refractivity contribution in [2.75, 3.05) is 12.0 Å². The van der Waals surface area contributed by atoms with Crippen LogP contribution >= 0.6 is 0 Å². The molecule has 0 heterocycles. The first kappa shape index (κ1) is 15.2. The van der Waals surface area contributed by atoms with Gasteiger partial charge in [-0.15, -0.1) is 0 Å². The molecule has 1 aromatic rings. The van der Waals surface area contributed by atoms with Crippen molar-refractivity contribution in [3.63, 3.8) is 0 Å². The molecule has 4 heteroatoms. The summed E-state index contributed by atoms with van der Waals surface area (Å²) in [6, 6.07) is 4.29. The molecule has 1 rings (SSSR count). The lowest BCUT2D eigenvalue weighted by Gasteiger charge is -2.16. The van der Waals surface area contributed by atoms with Gasteiger partial charge >= 0.3 is 0 Å². The smallest absolute Gasteiger partial charge is 0.148 e. The molecule has 0 aliphatic rings. The summed E-state index contributed by atoms with van der Waals surface area (Å²) in [5, 5.41) is 3.28. The number of rotatable bonds is 5. The monoisotopic (exact) mass is 269 g/mol. The Balaban J connectivity index is 2.70. The van der Waals surface area contributed by atoms with Gasteiger partial charge in [0.25, 0.3) is 0 Å². The highest BCUT2D eigenvalue weighted by Gasteiger charge is 2.11. The number of nitrogens with one attached hydrogen (secondary N) is 1. The van der Waals surface area contributed by atoms with Gasteiger partial charge in [-0.2, -0.15) is 0 Å². The summed E-state index contributed by atoms with van der Waals surface area (Å²) in [6.45, 7) is 8.90. The van der Waals surface area contributed by atoms with Crippen LogP contribution in [0.25, 0.3) is 0 Å². The van der Waals surface area contributed by atoms with Crippen molar-refractivity contribution in [3.05, 3.63) is 34.4 Å².